The molecule has 0 bridgehead atoms. The number of non-ortho nitro benzene ring substituents is 2. The summed E-state index contributed by atoms with van der Waals surface area (Å²) in [4.78, 5) is 22.0. The molecule has 0 saturated carbocycles. The van der Waals surface area contributed by atoms with Gasteiger partial charge in [-0.05, 0) is 48.9 Å². The van der Waals surface area contributed by atoms with Gasteiger partial charge in [-0.2, -0.15) is 0 Å². The van der Waals surface area contributed by atoms with Crippen LogP contribution in [0.5, 0.6) is 0 Å². The second-order valence-corrected chi connectivity index (χ2v) is 9.20. The number of nitro groups is 2. The lowest BCUT2D eigenvalue weighted by Crippen LogP contribution is -2.34. The van der Waals surface area contributed by atoms with Gasteiger partial charge in [-0.3, -0.25) is 20.2 Å². The first-order valence-electron chi connectivity index (χ1n) is 10.7. The minimum Gasteiger partial charge on any atom is -0.370 e. The van der Waals surface area contributed by atoms with E-state index in [1.807, 2.05) is 18.2 Å². The molecule has 1 aliphatic rings. The smallest absolute Gasteiger partial charge is 0.271 e. The predicted molar refractivity (Wildman–Crippen MR) is 136 cm³/mol. The number of rotatable bonds is 5. The minimum atomic E-state index is -0.655. The van der Waals surface area contributed by atoms with Gasteiger partial charge in [-0.15, -0.1) is 0 Å². The quantitative estimate of drug-likeness (QED) is 0.244. The molecule has 184 valence electrons. The maximum Gasteiger partial charge on any atom is 0.271 e. The van der Waals surface area contributed by atoms with E-state index in [2.05, 4.69) is 11.0 Å². The van der Waals surface area contributed by atoms with Gasteiger partial charge in [0.05, 0.1) is 25.6 Å². The van der Waals surface area contributed by atoms with Crippen molar-refractivity contribution in [1.82, 2.24) is 0 Å². The van der Waals surface area contributed by atoms with Crippen molar-refractivity contribution >= 4 is 51.9 Å². The maximum atomic E-state index is 12.4. The number of nitro benzene ring substituents is 2. The lowest BCUT2D eigenvalue weighted by molar-refractivity contribution is -0.385. The average molecular weight is 541 g/mol. The van der Waals surface area contributed by atoms with Crippen LogP contribution in [0.1, 0.15) is 18.4 Å². The zero-order valence-corrected chi connectivity index (χ0v) is 20.6. The fourth-order valence-electron chi connectivity index (χ4n) is 3.82. The second kappa shape index (κ2) is 12.2. The van der Waals surface area contributed by atoms with Crippen LogP contribution in [-0.2, 0) is 6.42 Å². The first-order chi connectivity index (χ1) is 16.7. The third kappa shape index (κ3) is 7.27. The van der Waals surface area contributed by atoms with Crippen molar-refractivity contribution in [3.8, 4) is 0 Å². The number of benzene rings is 3. The highest BCUT2D eigenvalue weighted by Gasteiger charge is 2.22. The molecule has 0 spiro atoms. The van der Waals surface area contributed by atoms with Crippen molar-refractivity contribution in [3.63, 3.8) is 0 Å². The molecular weight excluding hydrogens is 520 g/mol. The summed E-state index contributed by atoms with van der Waals surface area (Å²) in [6.45, 7) is 1.79. The van der Waals surface area contributed by atoms with Crippen LogP contribution in [0.15, 0.2) is 60.7 Å². The summed E-state index contributed by atoms with van der Waals surface area (Å²) in [6.07, 6.45) is 3.10. The second-order valence-electron chi connectivity index (χ2n) is 7.97. The predicted octanol–water partition coefficient (Wildman–Crippen LogP) is 7.75. The van der Waals surface area contributed by atoms with Gasteiger partial charge in [0.25, 0.3) is 11.4 Å². The van der Waals surface area contributed by atoms with E-state index in [4.69, 9.17) is 34.8 Å². The van der Waals surface area contributed by atoms with Gasteiger partial charge in [-0.1, -0.05) is 53.0 Å². The molecule has 1 heterocycles. The summed E-state index contributed by atoms with van der Waals surface area (Å²) < 4.78 is 12.4. The van der Waals surface area contributed by atoms with Gasteiger partial charge in [-0.25, -0.2) is 4.39 Å². The molecule has 3 aromatic carbocycles. The highest BCUT2D eigenvalue weighted by molar-refractivity contribution is 6.33. The Morgan fingerprint density at radius 2 is 1.40 bits per heavy atom. The summed E-state index contributed by atoms with van der Waals surface area (Å²) in [6, 6.07) is 15.7. The van der Waals surface area contributed by atoms with Crippen LogP contribution in [0.25, 0.3) is 0 Å². The number of halogens is 4. The summed E-state index contributed by atoms with van der Waals surface area (Å²) >= 11 is 17.8. The molecular formula is C24H21Cl3FN3O4. The van der Waals surface area contributed by atoms with E-state index >= 15 is 0 Å². The molecule has 1 aliphatic heterocycles. The molecule has 0 radical (unpaired) electrons. The van der Waals surface area contributed by atoms with Crippen molar-refractivity contribution in [2.45, 2.75) is 19.3 Å². The number of anilines is 1. The molecule has 0 N–H and O–H groups in total. The Hall–Kier alpha value is -2.94. The molecule has 0 aliphatic carbocycles. The van der Waals surface area contributed by atoms with E-state index in [0.29, 0.717) is 10.9 Å². The molecule has 11 heteroatoms. The molecule has 35 heavy (non-hydrogen) atoms. The lowest BCUT2D eigenvalue weighted by Gasteiger charge is -2.34. The summed E-state index contributed by atoms with van der Waals surface area (Å²) in [7, 11) is 0. The van der Waals surface area contributed by atoms with Crippen molar-refractivity contribution in [2.75, 3.05) is 18.0 Å². The van der Waals surface area contributed by atoms with Gasteiger partial charge in [0.1, 0.15) is 5.82 Å². The van der Waals surface area contributed by atoms with E-state index in [-0.39, 0.29) is 16.4 Å². The van der Waals surface area contributed by atoms with Crippen LogP contribution in [0.4, 0.5) is 21.5 Å². The Morgan fingerprint density at radius 1 is 0.829 bits per heavy atom. The van der Waals surface area contributed by atoms with Gasteiger partial charge in [0.15, 0.2) is 0 Å². The fraction of sp³-hybridized carbons (Fsp3) is 0.250. The van der Waals surface area contributed by atoms with Crippen LogP contribution in [0, 0.1) is 32.0 Å². The number of piperidine rings is 1. The van der Waals surface area contributed by atoms with Crippen molar-refractivity contribution in [3.05, 3.63) is 107 Å². The van der Waals surface area contributed by atoms with E-state index in [9.17, 15) is 24.6 Å². The van der Waals surface area contributed by atoms with Gasteiger partial charge >= 0.3 is 0 Å². The molecule has 0 amide bonds. The molecule has 1 fully saturated rings. The van der Waals surface area contributed by atoms with Crippen molar-refractivity contribution in [2.24, 2.45) is 5.92 Å². The van der Waals surface area contributed by atoms with E-state index in [0.717, 1.165) is 61.3 Å². The minimum absolute atomic E-state index is 0.0253. The highest BCUT2D eigenvalue weighted by atomic mass is 35.5. The van der Waals surface area contributed by atoms with E-state index < -0.39 is 15.7 Å². The maximum absolute atomic E-state index is 12.4. The summed E-state index contributed by atoms with van der Waals surface area (Å²) in [5.41, 5.74) is 1.89. The van der Waals surface area contributed by atoms with Crippen LogP contribution in [0.2, 0.25) is 15.1 Å². The van der Waals surface area contributed by atoms with Gasteiger partial charge in [0.2, 0.25) is 0 Å². The van der Waals surface area contributed by atoms with Crippen LogP contribution in [0.3, 0.4) is 0 Å². The zero-order chi connectivity index (χ0) is 25.5. The van der Waals surface area contributed by atoms with E-state index in [1.54, 1.807) is 6.07 Å². The lowest BCUT2D eigenvalue weighted by atomic mass is 9.90. The van der Waals surface area contributed by atoms with Crippen LogP contribution < -0.4 is 4.90 Å². The molecule has 7 nitrogen and oxygen atoms in total. The number of nitrogens with zero attached hydrogens (tertiary/aromatic N) is 3. The molecule has 4 rings (SSSR count). The molecule has 0 unspecified atom stereocenters. The van der Waals surface area contributed by atoms with Gasteiger partial charge in [0, 0.05) is 42.4 Å². The van der Waals surface area contributed by atoms with Crippen LogP contribution >= 0.6 is 34.8 Å². The monoisotopic (exact) mass is 539 g/mol. The molecule has 0 aromatic heterocycles. The summed E-state index contributed by atoms with van der Waals surface area (Å²) in [5.74, 6) is -0.0600. The third-order valence-electron chi connectivity index (χ3n) is 5.68. The van der Waals surface area contributed by atoms with Crippen molar-refractivity contribution in [1.29, 1.82) is 0 Å². The Balaban J connectivity index is 0.000000261. The zero-order valence-electron chi connectivity index (χ0n) is 18.4. The number of hydrogen-bond donors (Lipinski definition) is 0. The first-order valence-corrected chi connectivity index (χ1v) is 11.8. The Bertz CT molecular complexity index is 1220. The first kappa shape index (κ1) is 26.7. The normalized spacial score (nSPS) is 13.7. The van der Waals surface area contributed by atoms with Crippen LogP contribution in [-0.4, -0.2) is 22.9 Å². The SMILES string of the molecule is O=[N+]([O-])c1ccc(F)c(Cl)c1.O=[N+]([O-])c1ccc(N2CCC(Cc3ccccc3Cl)CC2)c(Cl)c1. The molecule has 0 atom stereocenters. The Morgan fingerprint density at radius 3 is 1.94 bits per heavy atom. The Labute approximate surface area is 216 Å². The highest BCUT2D eigenvalue weighted by Crippen LogP contribution is 2.33. The summed E-state index contributed by atoms with van der Waals surface area (Å²) in [5, 5.41) is 21.9. The third-order valence-corrected chi connectivity index (χ3v) is 6.64. The molecule has 1 saturated heterocycles. The molecule has 3 aromatic rings. The topological polar surface area (TPSA) is 89.5 Å². The van der Waals surface area contributed by atoms with E-state index in [1.165, 1.54) is 17.7 Å². The standard InChI is InChI=1S/C18H18Cl2N2O2.C6H3ClFNO2/c19-16-4-2-1-3-14(16)11-13-7-9-21(10-8-13)18-6-5-15(22(23)24)12-17(18)20;7-5-3-4(9(10)11)1-2-6(5)8/h1-6,12-13H,7-11H2;1-3H. The fourth-order valence-corrected chi connectivity index (χ4v) is 4.50. The van der Waals surface area contributed by atoms with Gasteiger partial charge < -0.3 is 4.90 Å². The average Bonchev–Trinajstić information content (AvgIpc) is 2.83. The Kier molecular flexibility index (Phi) is 9.26. The number of hydrogen-bond acceptors (Lipinski definition) is 5. The van der Waals surface area contributed by atoms with Crippen molar-refractivity contribution < 1.29 is 14.2 Å². The largest absolute Gasteiger partial charge is 0.370 e.